The van der Waals surface area contributed by atoms with Gasteiger partial charge < -0.3 is 19.8 Å². The van der Waals surface area contributed by atoms with Crippen LogP contribution in [0, 0.1) is 0 Å². The summed E-state index contributed by atoms with van der Waals surface area (Å²) in [6, 6.07) is 10.6. The van der Waals surface area contributed by atoms with Gasteiger partial charge in [-0.05, 0) is 49.4 Å². The molecule has 29 heavy (non-hydrogen) atoms. The van der Waals surface area contributed by atoms with Crippen molar-refractivity contribution in [2.45, 2.75) is 13.1 Å². The summed E-state index contributed by atoms with van der Waals surface area (Å²) in [6.45, 7) is 2.14. The van der Waals surface area contributed by atoms with Crippen molar-refractivity contribution in [2.75, 3.05) is 12.3 Å². The number of aryl methyl sites for hydroxylation is 1. The molecule has 0 amide bonds. The van der Waals surface area contributed by atoms with Gasteiger partial charge in [0.15, 0.2) is 0 Å². The first-order valence-electron chi connectivity index (χ1n) is 8.77. The molecule has 152 valence electrons. The van der Waals surface area contributed by atoms with Crippen molar-refractivity contribution >= 4 is 5.69 Å². The summed E-state index contributed by atoms with van der Waals surface area (Å²) in [5.41, 5.74) is 6.49. The highest BCUT2D eigenvalue weighted by atomic mass is 19.4. The number of hydrogen-bond acceptors (Lipinski definition) is 4. The SMILES string of the molecule is CCOc1cc(=O)n(C)cc1-c1cc(N)ccc1Oc1ccc(C(F)(F)F)cc1. The summed E-state index contributed by atoms with van der Waals surface area (Å²) in [7, 11) is 1.60. The predicted octanol–water partition coefficient (Wildman–Crippen LogP) is 4.84. The maximum Gasteiger partial charge on any atom is 0.416 e. The van der Waals surface area contributed by atoms with Gasteiger partial charge in [0, 0.05) is 36.1 Å². The van der Waals surface area contributed by atoms with Crippen molar-refractivity contribution in [3.63, 3.8) is 0 Å². The van der Waals surface area contributed by atoms with Gasteiger partial charge in [-0.1, -0.05) is 0 Å². The van der Waals surface area contributed by atoms with Crippen LogP contribution in [0.5, 0.6) is 17.2 Å². The molecule has 0 spiro atoms. The van der Waals surface area contributed by atoms with Crippen LogP contribution < -0.4 is 20.8 Å². The standard InChI is InChI=1S/C21H19F3N2O3/c1-3-28-19-11-20(27)26(2)12-17(19)16-10-14(25)6-9-18(16)29-15-7-4-13(5-8-15)21(22,23)24/h4-12H,3,25H2,1-2H3. The van der Waals surface area contributed by atoms with Crippen molar-refractivity contribution in [2.24, 2.45) is 7.05 Å². The van der Waals surface area contributed by atoms with E-state index in [4.69, 9.17) is 15.2 Å². The van der Waals surface area contributed by atoms with E-state index >= 15 is 0 Å². The Morgan fingerprint density at radius 3 is 2.31 bits per heavy atom. The van der Waals surface area contributed by atoms with Gasteiger partial charge >= 0.3 is 6.18 Å². The molecule has 2 aromatic carbocycles. The molecule has 0 aliphatic heterocycles. The van der Waals surface area contributed by atoms with Crippen molar-refractivity contribution in [3.8, 4) is 28.4 Å². The number of aromatic nitrogens is 1. The summed E-state index contributed by atoms with van der Waals surface area (Å²) in [4.78, 5) is 12.0. The molecule has 0 radical (unpaired) electrons. The van der Waals surface area contributed by atoms with E-state index in [9.17, 15) is 18.0 Å². The van der Waals surface area contributed by atoms with Gasteiger partial charge in [-0.25, -0.2) is 0 Å². The van der Waals surface area contributed by atoms with Crippen molar-refractivity contribution in [1.82, 2.24) is 4.57 Å². The number of nitrogens with two attached hydrogens (primary N) is 1. The number of anilines is 1. The Hall–Kier alpha value is -3.42. The molecule has 0 fully saturated rings. The van der Waals surface area contributed by atoms with E-state index in [2.05, 4.69) is 0 Å². The molecule has 5 nitrogen and oxygen atoms in total. The molecule has 1 aromatic heterocycles. The fourth-order valence-electron chi connectivity index (χ4n) is 2.78. The van der Waals surface area contributed by atoms with Crippen molar-refractivity contribution in [1.29, 1.82) is 0 Å². The first kappa shape index (κ1) is 20.3. The van der Waals surface area contributed by atoms with E-state index in [-0.39, 0.29) is 11.3 Å². The van der Waals surface area contributed by atoms with Crippen LogP contribution in [0.2, 0.25) is 0 Å². The number of halogens is 3. The first-order valence-corrected chi connectivity index (χ1v) is 8.77. The maximum absolute atomic E-state index is 12.8. The Bertz CT molecular complexity index is 1070. The fourth-order valence-corrected chi connectivity index (χ4v) is 2.78. The molecule has 0 saturated heterocycles. The van der Waals surface area contributed by atoms with Crippen LogP contribution in [0.25, 0.3) is 11.1 Å². The molecule has 2 N–H and O–H groups in total. The van der Waals surface area contributed by atoms with Gasteiger partial charge in [-0.15, -0.1) is 0 Å². The number of alkyl halides is 3. The van der Waals surface area contributed by atoms with Gasteiger partial charge in [-0.3, -0.25) is 4.79 Å². The van der Waals surface area contributed by atoms with Crippen LogP contribution in [-0.2, 0) is 13.2 Å². The predicted molar refractivity (Wildman–Crippen MR) is 104 cm³/mol. The Morgan fingerprint density at radius 1 is 1.00 bits per heavy atom. The number of rotatable bonds is 5. The van der Waals surface area contributed by atoms with E-state index in [1.54, 1.807) is 38.4 Å². The largest absolute Gasteiger partial charge is 0.493 e. The van der Waals surface area contributed by atoms with E-state index in [1.807, 2.05) is 0 Å². The van der Waals surface area contributed by atoms with Crippen LogP contribution in [-0.4, -0.2) is 11.2 Å². The second-order valence-corrected chi connectivity index (χ2v) is 6.31. The molecule has 0 atom stereocenters. The lowest BCUT2D eigenvalue weighted by Gasteiger charge is -2.16. The zero-order chi connectivity index (χ0) is 21.2. The zero-order valence-corrected chi connectivity index (χ0v) is 15.8. The molecule has 3 rings (SSSR count). The molecular formula is C21H19F3N2O3. The lowest BCUT2D eigenvalue weighted by molar-refractivity contribution is -0.137. The average Bonchev–Trinajstić information content (AvgIpc) is 2.66. The first-order chi connectivity index (χ1) is 13.7. The minimum atomic E-state index is -4.42. The van der Waals surface area contributed by atoms with Gasteiger partial charge in [-0.2, -0.15) is 13.2 Å². The monoisotopic (exact) mass is 404 g/mol. The zero-order valence-electron chi connectivity index (χ0n) is 15.8. The minimum Gasteiger partial charge on any atom is -0.493 e. The third-order valence-corrected chi connectivity index (χ3v) is 4.19. The molecule has 0 aliphatic rings. The smallest absolute Gasteiger partial charge is 0.416 e. The summed E-state index contributed by atoms with van der Waals surface area (Å²) >= 11 is 0. The van der Waals surface area contributed by atoms with E-state index < -0.39 is 11.7 Å². The maximum atomic E-state index is 12.8. The molecule has 0 saturated carbocycles. The minimum absolute atomic E-state index is 0.229. The van der Waals surface area contributed by atoms with Gasteiger partial charge in [0.1, 0.15) is 17.2 Å². The van der Waals surface area contributed by atoms with Crippen molar-refractivity contribution in [3.05, 3.63) is 70.6 Å². The topological polar surface area (TPSA) is 66.5 Å². The highest BCUT2D eigenvalue weighted by molar-refractivity contribution is 5.78. The molecule has 3 aromatic rings. The van der Waals surface area contributed by atoms with Gasteiger partial charge in [0.05, 0.1) is 12.2 Å². The lowest BCUT2D eigenvalue weighted by atomic mass is 10.0. The Kier molecular flexibility index (Phi) is 5.54. The third-order valence-electron chi connectivity index (χ3n) is 4.19. The second-order valence-electron chi connectivity index (χ2n) is 6.31. The van der Waals surface area contributed by atoms with Gasteiger partial charge in [0.2, 0.25) is 0 Å². The Morgan fingerprint density at radius 2 is 1.69 bits per heavy atom. The number of pyridine rings is 1. The van der Waals surface area contributed by atoms with Crippen LogP contribution in [0.15, 0.2) is 59.5 Å². The van der Waals surface area contributed by atoms with Crippen LogP contribution in [0.1, 0.15) is 12.5 Å². The molecule has 8 heteroatoms. The lowest BCUT2D eigenvalue weighted by Crippen LogP contribution is -2.16. The van der Waals surface area contributed by atoms with Crippen LogP contribution in [0.4, 0.5) is 18.9 Å². The second kappa shape index (κ2) is 7.90. The highest BCUT2D eigenvalue weighted by Gasteiger charge is 2.30. The molecule has 0 bridgehead atoms. The Labute approximate surface area is 165 Å². The molecule has 1 heterocycles. The molecular weight excluding hydrogens is 385 g/mol. The highest BCUT2D eigenvalue weighted by Crippen LogP contribution is 2.39. The summed E-state index contributed by atoms with van der Waals surface area (Å²) in [5.74, 6) is 0.948. The number of nitrogen functional groups attached to an aromatic ring is 1. The van der Waals surface area contributed by atoms with E-state index in [0.29, 0.717) is 34.9 Å². The van der Waals surface area contributed by atoms with Crippen LogP contribution in [0.3, 0.4) is 0 Å². The number of nitrogens with zero attached hydrogens (tertiary/aromatic N) is 1. The van der Waals surface area contributed by atoms with Gasteiger partial charge in [0.25, 0.3) is 5.56 Å². The summed E-state index contributed by atoms with van der Waals surface area (Å²) in [6.07, 6.45) is -2.83. The normalized spacial score (nSPS) is 11.3. The summed E-state index contributed by atoms with van der Waals surface area (Å²) < 4.78 is 51.1. The quantitative estimate of drug-likeness (QED) is 0.618. The molecule has 0 unspecified atom stereocenters. The fraction of sp³-hybridized carbons (Fsp3) is 0.190. The van der Waals surface area contributed by atoms with E-state index in [1.165, 1.54) is 22.8 Å². The number of benzene rings is 2. The average molecular weight is 404 g/mol. The Balaban J connectivity index is 2.06. The number of ether oxygens (including phenoxy) is 2. The summed E-state index contributed by atoms with van der Waals surface area (Å²) in [5, 5.41) is 0. The molecule has 0 aliphatic carbocycles. The van der Waals surface area contributed by atoms with Crippen LogP contribution >= 0.6 is 0 Å². The number of hydrogen-bond donors (Lipinski definition) is 1. The van der Waals surface area contributed by atoms with E-state index in [0.717, 1.165) is 12.1 Å². The third kappa shape index (κ3) is 4.53. The van der Waals surface area contributed by atoms with Crippen molar-refractivity contribution < 1.29 is 22.6 Å².